The number of halogens is 2. The summed E-state index contributed by atoms with van der Waals surface area (Å²) in [4.78, 5) is 4.39. The Morgan fingerprint density at radius 2 is 2.00 bits per heavy atom. The third kappa shape index (κ3) is 3.57. The number of aromatic nitrogens is 1. The summed E-state index contributed by atoms with van der Waals surface area (Å²) in [6.07, 6.45) is 1.82. The van der Waals surface area contributed by atoms with Crippen molar-refractivity contribution < 1.29 is 0 Å². The van der Waals surface area contributed by atoms with Crippen molar-refractivity contribution in [2.45, 2.75) is 17.7 Å². The van der Waals surface area contributed by atoms with Crippen LogP contribution < -0.4 is 0 Å². The van der Waals surface area contributed by atoms with Crippen molar-refractivity contribution in [3.05, 3.63) is 56.6 Å². The van der Waals surface area contributed by atoms with E-state index in [1.807, 2.05) is 12.3 Å². The second-order valence-electron chi connectivity index (χ2n) is 3.66. The topological polar surface area (TPSA) is 12.9 Å². The molecule has 2 rings (SSSR count). The average molecular weight is 373 g/mol. The van der Waals surface area contributed by atoms with Gasteiger partial charge < -0.3 is 0 Å². The number of pyridine rings is 1. The molecule has 0 saturated heterocycles. The van der Waals surface area contributed by atoms with Gasteiger partial charge in [-0.15, -0.1) is 11.8 Å². The first kappa shape index (κ1) is 13.1. The van der Waals surface area contributed by atoms with Gasteiger partial charge in [-0.05, 0) is 56.0 Å². The van der Waals surface area contributed by atoms with Crippen molar-refractivity contribution in [3.63, 3.8) is 0 Å². The Bertz CT molecular complexity index is 529. The van der Waals surface area contributed by atoms with Gasteiger partial charge in [0.25, 0.3) is 0 Å². The normalized spacial score (nSPS) is 10.5. The molecule has 88 valence electrons. The van der Waals surface area contributed by atoms with Gasteiger partial charge in [0.1, 0.15) is 5.03 Å². The molecule has 1 nitrogen and oxygen atoms in total. The lowest BCUT2D eigenvalue weighted by Gasteiger charge is -2.06. The third-order valence-corrected chi connectivity index (χ3v) is 4.75. The molecule has 2 aromatic rings. The summed E-state index contributed by atoms with van der Waals surface area (Å²) < 4.78 is 2.02. The Kier molecular flexibility index (Phi) is 4.65. The van der Waals surface area contributed by atoms with Gasteiger partial charge in [-0.2, -0.15) is 0 Å². The highest BCUT2D eigenvalue weighted by atomic mass is 79.9. The molecule has 0 aliphatic heterocycles. The number of thioether (sulfide) groups is 1. The standard InChI is InChI=1S/C13H11Br2NS/c1-9-4-2-3-5-10(9)8-17-13-12(15)6-11(14)7-16-13/h2-7H,8H2,1H3. The molecular formula is C13H11Br2NS. The monoisotopic (exact) mass is 371 g/mol. The van der Waals surface area contributed by atoms with Gasteiger partial charge in [0.2, 0.25) is 0 Å². The largest absolute Gasteiger partial charge is 0.248 e. The van der Waals surface area contributed by atoms with Crippen LogP contribution in [0.15, 0.2) is 50.5 Å². The Morgan fingerprint density at radius 3 is 2.71 bits per heavy atom. The van der Waals surface area contributed by atoms with E-state index in [1.165, 1.54) is 11.1 Å². The lowest BCUT2D eigenvalue weighted by molar-refractivity contribution is 1.10. The number of nitrogens with zero attached hydrogens (tertiary/aromatic N) is 1. The minimum absolute atomic E-state index is 0.944. The minimum Gasteiger partial charge on any atom is -0.248 e. The number of hydrogen-bond donors (Lipinski definition) is 0. The zero-order chi connectivity index (χ0) is 12.3. The first-order valence-electron chi connectivity index (χ1n) is 5.15. The summed E-state index contributed by atoms with van der Waals surface area (Å²) in [5.74, 6) is 0.944. The fraction of sp³-hybridized carbons (Fsp3) is 0.154. The van der Waals surface area contributed by atoms with Crippen LogP contribution in [-0.2, 0) is 5.75 Å². The van der Waals surface area contributed by atoms with Crippen LogP contribution in [0.2, 0.25) is 0 Å². The number of rotatable bonds is 3. The number of hydrogen-bond acceptors (Lipinski definition) is 2. The van der Waals surface area contributed by atoms with E-state index < -0.39 is 0 Å². The molecule has 0 aliphatic rings. The van der Waals surface area contributed by atoms with Crippen LogP contribution in [0.25, 0.3) is 0 Å². The quantitative estimate of drug-likeness (QED) is 0.686. The highest BCUT2D eigenvalue weighted by molar-refractivity contribution is 9.11. The first-order valence-corrected chi connectivity index (χ1v) is 7.72. The van der Waals surface area contributed by atoms with Gasteiger partial charge in [0.05, 0.1) is 4.47 Å². The number of benzene rings is 1. The molecule has 0 radical (unpaired) electrons. The Hall–Kier alpha value is -0.320. The van der Waals surface area contributed by atoms with E-state index in [-0.39, 0.29) is 0 Å². The highest BCUT2D eigenvalue weighted by Gasteiger charge is 2.04. The van der Waals surface area contributed by atoms with Gasteiger partial charge in [-0.1, -0.05) is 24.3 Å². The van der Waals surface area contributed by atoms with E-state index in [4.69, 9.17) is 0 Å². The van der Waals surface area contributed by atoms with Gasteiger partial charge in [-0.3, -0.25) is 0 Å². The lowest BCUT2D eigenvalue weighted by Crippen LogP contribution is -1.87. The van der Waals surface area contributed by atoms with Crippen LogP contribution in [0.3, 0.4) is 0 Å². The fourth-order valence-corrected chi connectivity index (χ4v) is 3.70. The van der Waals surface area contributed by atoms with Crippen molar-refractivity contribution in [1.29, 1.82) is 0 Å². The first-order chi connectivity index (χ1) is 8.16. The molecule has 0 spiro atoms. The molecule has 0 fully saturated rings. The summed E-state index contributed by atoms with van der Waals surface area (Å²) in [5, 5.41) is 1.02. The molecule has 0 bridgehead atoms. The van der Waals surface area contributed by atoms with Crippen molar-refractivity contribution in [3.8, 4) is 0 Å². The van der Waals surface area contributed by atoms with Gasteiger partial charge >= 0.3 is 0 Å². The maximum Gasteiger partial charge on any atom is 0.111 e. The highest BCUT2D eigenvalue weighted by Crippen LogP contribution is 2.30. The molecule has 1 heterocycles. The lowest BCUT2D eigenvalue weighted by atomic mass is 10.1. The maximum absolute atomic E-state index is 4.39. The van der Waals surface area contributed by atoms with Crippen molar-refractivity contribution >= 4 is 43.6 Å². The smallest absolute Gasteiger partial charge is 0.111 e. The van der Waals surface area contributed by atoms with Crippen LogP contribution in [0.5, 0.6) is 0 Å². The summed E-state index contributed by atoms with van der Waals surface area (Å²) in [7, 11) is 0. The summed E-state index contributed by atoms with van der Waals surface area (Å²) in [5.41, 5.74) is 2.68. The van der Waals surface area contributed by atoms with Crippen LogP contribution in [-0.4, -0.2) is 4.98 Å². The molecule has 17 heavy (non-hydrogen) atoms. The van der Waals surface area contributed by atoms with Crippen LogP contribution in [0.4, 0.5) is 0 Å². The van der Waals surface area contributed by atoms with E-state index in [1.54, 1.807) is 11.8 Å². The Morgan fingerprint density at radius 1 is 1.24 bits per heavy atom. The second kappa shape index (κ2) is 6.03. The molecule has 0 aliphatic carbocycles. The molecule has 1 aromatic heterocycles. The van der Waals surface area contributed by atoms with Crippen molar-refractivity contribution in [2.24, 2.45) is 0 Å². The zero-order valence-corrected chi connectivity index (χ0v) is 13.3. The van der Waals surface area contributed by atoms with Gasteiger partial charge in [0.15, 0.2) is 0 Å². The van der Waals surface area contributed by atoms with Crippen LogP contribution in [0, 0.1) is 6.92 Å². The fourth-order valence-electron chi connectivity index (χ4n) is 1.43. The predicted octanol–water partition coefficient (Wildman–Crippen LogP) is 5.21. The predicted molar refractivity (Wildman–Crippen MR) is 80.4 cm³/mol. The Balaban J connectivity index is 2.10. The molecule has 1 aromatic carbocycles. The third-order valence-electron chi connectivity index (χ3n) is 2.40. The van der Waals surface area contributed by atoms with Crippen molar-refractivity contribution in [1.82, 2.24) is 4.98 Å². The molecular weight excluding hydrogens is 362 g/mol. The SMILES string of the molecule is Cc1ccccc1CSc1ncc(Br)cc1Br. The van der Waals surface area contributed by atoms with Gasteiger partial charge in [0, 0.05) is 16.4 Å². The van der Waals surface area contributed by atoms with E-state index in [0.717, 1.165) is 19.7 Å². The molecule has 0 amide bonds. The molecule has 0 N–H and O–H groups in total. The summed E-state index contributed by atoms with van der Waals surface area (Å²) in [6.45, 7) is 2.14. The second-order valence-corrected chi connectivity index (χ2v) is 6.39. The van der Waals surface area contributed by atoms with E-state index in [2.05, 4.69) is 68.0 Å². The molecule has 0 atom stereocenters. The number of aryl methyl sites for hydroxylation is 1. The van der Waals surface area contributed by atoms with E-state index >= 15 is 0 Å². The minimum atomic E-state index is 0.944. The van der Waals surface area contributed by atoms with Crippen LogP contribution in [0.1, 0.15) is 11.1 Å². The van der Waals surface area contributed by atoms with E-state index in [0.29, 0.717) is 0 Å². The van der Waals surface area contributed by atoms with Crippen molar-refractivity contribution in [2.75, 3.05) is 0 Å². The zero-order valence-electron chi connectivity index (χ0n) is 9.28. The molecule has 0 unspecified atom stereocenters. The molecule has 4 heteroatoms. The average Bonchev–Trinajstić information content (AvgIpc) is 2.30. The van der Waals surface area contributed by atoms with Crippen LogP contribution >= 0.6 is 43.6 Å². The maximum atomic E-state index is 4.39. The van der Waals surface area contributed by atoms with E-state index in [9.17, 15) is 0 Å². The summed E-state index contributed by atoms with van der Waals surface area (Å²) in [6, 6.07) is 10.5. The summed E-state index contributed by atoms with van der Waals surface area (Å²) >= 11 is 8.67. The Labute approximate surface area is 122 Å². The van der Waals surface area contributed by atoms with Gasteiger partial charge in [-0.25, -0.2) is 4.98 Å². The molecule has 0 saturated carbocycles.